The number of pyridine rings is 1. The molecule has 1 aromatic heterocycles. The largest absolute Gasteiger partial charge is 0.337 e. The zero-order valence-corrected chi connectivity index (χ0v) is 19.0. The first kappa shape index (κ1) is 22.2. The SMILES string of the molecule is Cc1cnc2c(c1)CC(c1cc(NC(=O)NCCN(C(C)C)C(C)C)ccc1Cl)=N2. The summed E-state index contributed by atoms with van der Waals surface area (Å²) in [6.07, 6.45) is 2.49. The Morgan fingerprint density at radius 1 is 1.20 bits per heavy atom. The first-order valence-electron chi connectivity index (χ1n) is 10.4. The highest BCUT2D eigenvalue weighted by Crippen LogP contribution is 2.31. The molecule has 3 rings (SSSR count). The summed E-state index contributed by atoms with van der Waals surface area (Å²) >= 11 is 6.43. The highest BCUT2D eigenvalue weighted by molar-refractivity contribution is 6.34. The molecule has 1 aliphatic heterocycles. The van der Waals surface area contributed by atoms with Crippen LogP contribution >= 0.6 is 11.6 Å². The van der Waals surface area contributed by atoms with Gasteiger partial charge in [-0.05, 0) is 58.4 Å². The normalized spacial score (nSPS) is 13.0. The third-order valence-electron chi connectivity index (χ3n) is 5.20. The van der Waals surface area contributed by atoms with Crippen molar-refractivity contribution in [1.82, 2.24) is 15.2 Å². The maximum absolute atomic E-state index is 12.4. The van der Waals surface area contributed by atoms with Crippen molar-refractivity contribution in [2.45, 2.75) is 53.1 Å². The average molecular weight is 428 g/mol. The molecule has 2 N–H and O–H groups in total. The van der Waals surface area contributed by atoms with Gasteiger partial charge in [0.25, 0.3) is 0 Å². The van der Waals surface area contributed by atoms with Gasteiger partial charge in [-0.1, -0.05) is 17.7 Å². The second-order valence-corrected chi connectivity index (χ2v) is 8.64. The topological polar surface area (TPSA) is 69.6 Å². The lowest BCUT2D eigenvalue weighted by Crippen LogP contribution is -2.43. The van der Waals surface area contributed by atoms with Crippen molar-refractivity contribution in [2.24, 2.45) is 4.99 Å². The van der Waals surface area contributed by atoms with Crippen LogP contribution in [0.1, 0.15) is 44.4 Å². The number of halogens is 1. The minimum Gasteiger partial charge on any atom is -0.337 e. The van der Waals surface area contributed by atoms with Gasteiger partial charge in [0.05, 0.1) is 5.71 Å². The predicted octanol–water partition coefficient (Wildman–Crippen LogP) is 4.96. The fraction of sp³-hybridized carbons (Fsp3) is 0.435. The molecule has 0 bridgehead atoms. The molecule has 6 nitrogen and oxygen atoms in total. The van der Waals surface area contributed by atoms with Crippen LogP contribution < -0.4 is 10.6 Å². The second kappa shape index (κ2) is 9.58. The minimum absolute atomic E-state index is 0.232. The molecule has 1 aromatic carbocycles. The summed E-state index contributed by atoms with van der Waals surface area (Å²) in [6, 6.07) is 8.19. The van der Waals surface area contributed by atoms with Crippen LogP contribution in [0.4, 0.5) is 16.3 Å². The number of anilines is 1. The van der Waals surface area contributed by atoms with E-state index in [-0.39, 0.29) is 6.03 Å². The van der Waals surface area contributed by atoms with Crippen LogP contribution in [0, 0.1) is 6.92 Å². The van der Waals surface area contributed by atoms with Crippen LogP contribution in [0.3, 0.4) is 0 Å². The van der Waals surface area contributed by atoms with Gasteiger partial charge in [-0.2, -0.15) is 0 Å². The standard InChI is InChI=1S/C23H30ClN5O/c1-14(2)29(15(3)4)9-8-25-23(30)27-18-6-7-20(24)19(12-18)21-11-17-10-16(5)13-26-22(17)28-21/h6-7,10,12-15H,8-9,11H2,1-5H3,(H2,25,27,30). The maximum atomic E-state index is 12.4. The first-order valence-corrected chi connectivity index (χ1v) is 10.8. The number of aromatic nitrogens is 1. The van der Waals surface area contributed by atoms with Gasteiger partial charge in [0.15, 0.2) is 5.82 Å². The number of carbonyl (C=O) groups is 1. The van der Waals surface area contributed by atoms with Gasteiger partial charge in [-0.3, -0.25) is 4.90 Å². The van der Waals surface area contributed by atoms with Crippen molar-refractivity contribution in [3.63, 3.8) is 0 Å². The Bertz CT molecular complexity index is 947. The van der Waals surface area contributed by atoms with Crippen molar-refractivity contribution >= 4 is 34.8 Å². The minimum atomic E-state index is -0.232. The first-order chi connectivity index (χ1) is 14.2. The third-order valence-corrected chi connectivity index (χ3v) is 5.53. The molecule has 1 aliphatic rings. The Labute approximate surface area is 183 Å². The fourth-order valence-electron chi connectivity index (χ4n) is 3.77. The van der Waals surface area contributed by atoms with E-state index in [0.717, 1.165) is 34.8 Å². The van der Waals surface area contributed by atoms with E-state index in [1.54, 1.807) is 12.1 Å². The Morgan fingerprint density at radius 3 is 2.63 bits per heavy atom. The Kier molecular flexibility index (Phi) is 7.10. The molecule has 0 aliphatic carbocycles. The fourth-order valence-corrected chi connectivity index (χ4v) is 3.99. The highest BCUT2D eigenvalue weighted by Gasteiger charge is 2.20. The molecule has 0 unspecified atom stereocenters. The number of amides is 2. The van der Waals surface area contributed by atoms with Crippen molar-refractivity contribution in [2.75, 3.05) is 18.4 Å². The number of aliphatic imine (C=N–C) groups is 1. The summed E-state index contributed by atoms with van der Waals surface area (Å²) in [5.41, 5.74) is 4.56. The lowest BCUT2D eigenvalue weighted by atomic mass is 10.0. The van der Waals surface area contributed by atoms with Crippen molar-refractivity contribution in [3.8, 4) is 0 Å². The van der Waals surface area contributed by atoms with Crippen molar-refractivity contribution < 1.29 is 4.79 Å². The summed E-state index contributed by atoms with van der Waals surface area (Å²) in [5, 5.41) is 6.43. The number of nitrogens with one attached hydrogen (secondary N) is 2. The van der Waals surface area contributed by atoms with Gasteiger partial charge in [-0.15, -0.1) is 0 Å². The molecule has 0 atom stereocenters. The molecule has 7 heteroatoms. The van der Waals surface area contributed by atoms with E-state index in [0.29, 0.717) is 35.8 Å². The molecule has 0 saturated heterocycles. The second-order valence-electron chi connectivity index (χ2n) is 8.23. The van der Waals surface area contributed by atoms with Gasteiger partial charge in [0, 0.05) is 59.6 Å². The molecular weight excluding hydrogens is 398 g/mol. The molecule has 2 aromatic rings. The van der Waals surface area contributed by atoms with Gasteiger partial charge in [0.2, 0.25) is 0 Å². The quantitative estimate of drug-likeness (QED) is 0.656. The van der Waals surface area contributed by atoms with Crippen LogP contribution in [-0.4, -0.2) is 46.8 Å². The van der Waals surface area contributed by atoms with Gasteiger partial charge >= 0.3 is 6.03 Å². The number of hydrogen-bond acceptors (Lipinski definition) is 4. The number of urea groups is 1. The van der Waals surface area contributed by atoms with E-state index in [2.05, 4.69) is 59.3 Å². The van der Waals surface area contributed by atoms with E-state index in [1.165, 1.54) is 0 Å². The van der Waals surface area contributed by atoms with Crippen LogP contribution in [0.25, 0.3) is 0 Å². The number of hydrogen-bond donors (Lipinski definition) is 2. The molecule has 0 radical (unpaired) electrons. The molecule has 2 heterocycles. The van der Waals surface area contributed by atoms with E-state index < -0.39 is 0 Å². The van der Waals surface area contributed by atoms with Gasteiger partial charge in [0.1, 0.15) is 0 Å². The van der Waals surface area contributed by atoms with Crippen LogP contribution in [0.5, 0.6) is 0 Å². The average Bonchev–Trinajstić information content (AvgIpc) is 3.09. The molecule has 0 saturated carbocycles. The summed E-state index contributed by atoms with van der Waals surface area (Å²) < 4.78 is 0. The smallest absolute Gasteiger partial charge is 0.319 e. The molecular formula is C23H30ClN5O. The van der Waals surface area contributed by atoms with E-state index in [9.17, 15) is 4.79 Å². The zero-order chi connectivity index (χ0) is 21.8. The van der Waals surface area contributed by atoms with Crippen LogP contribution in [-0.2, 0) is 6.42 Å². The van der Waals surface area contributed by atoms with Crippen molar-refractivity contribution in [1.29, 1.82) is 0 Å². The number of rotatable bonds is 7. The van der Waals surface area contributed by atoms with Crippen molar-refractivity contribution in [3.05, 3.63) is 52.2 Å². The number of fused-ring (bicyclic) bond motifs is 1. The van der Waals surface area contributed by atoms with E-state index in [4.69, 9.17) is 11.6 Å². The Morgan fingerprint density at radius 2 is 1.93 bits per heavy atom. The molecule has 2 amide bonds. The van der Waals surface area contributed by atoms with E-state index in [1.807, 2.05) is 19.2 Å². The number of aryl methyl sites for hydroxylation is 1. The number of nitrogens with zero attached hydrogens (tertiary/aromatic N) is 3. The van der Waals surface area contributed by atoms with Gasteiger partial charge < -0.3 is 10.6 Å². The molecule has 160 valence electrons. The Balaban J connectivity index is 1.63. The van der Waals surface area contributed by atoms with Gasteiger partial charge in [-0.25, -0.2) is 14.8 Å². The zero-order valence-electron chi connectivity index (χ0n) is 18.3. The highest BCUT2D eigenvalue weighted by atomic mass is 35.5. The predicted molar refractivity (Wildman–Crippen MR) is 124 cm³/mol. The third kappa shape index (κ3) is 5.37. The van der Waals surface area contributed by atoms with E-state index >= 15 is 0 Å². The monoisotopic (exact) mass is 427 g/mol. The molecule has 0 spiro atoms. The van der Waals surface area contributed by atoms with Crippen LogP contribution in [0.15, 0.2) is 35.5 Å². The number of benzene rings is 1. The Hall–Kier alpha value is -2.44. The summed E-state index contributed by atoms with van der Waals surface area (Å²) in [4.78, 5) is 23.7. The number of carbonyl (C=O) groups excluding carboxylic acids is 1. The lowest BCUT2D eigenvalue weighted by molar-refractivity contribution is 0.176. The molecule has 30 heavy (non-hydrogen) atoms. The lowest BCUT2D eigenvalue weighted by Gasteiger charge is -2.30. The summed E-state index contributed by atoms with van der Waals surface area (Å²) in [6.45, 7) is 12.0. The van der Waals surface area contributed by atoms with Crippen LogP contribution in [0.2, 0.25) is 5.02 Å². The maximum Gasteiger partial charge on any atom is 0.319 e. The summed E-state index contributed by atoms with van der Waals surface area (Å²) in [5.74, 6) is 0.739. The molecule has 0 fully saturated rings. The summed E-state index contributed by atoms with van der Waals surface area (Å²) in [7, 11) is 0.